The highest BCUT2D eigenvalue weighted by molar-refractivity contribution is 5.83. The summed E-state index contributed by atoms with van der Waals surface area (Å²) in [6.07, 6.45) is 22.0. The number of aromatic nitrogens is 16. The molecule has 34 nitrogen and oxygen atoms in total. The fourth-order valence-corrected chi connectivity index (χ4v) is 15.7. The van der Waals surface area contributed by atoms with Gasteiger partial charge in [0.1, 0.15) is 64.3 Å². The number of methoxy groups -OCH3 is 1. The van der Waals surface area contributed by atoms with Gasteiger partial charge in [-0.25, -0.2) is 44.7 Å². The molecule has 0 bridgehead atoms. The fraction of sp³-hybridized carbons (Fsp3) is 0.352. The third-order valence-electron chi connectivity index (χ3n) is 22.4. The van der Waals surface area contributed by atoms with Gasteiger partial charge in [-0.1, -0.05) is 167 Å². The van der Waals surface area contributed by atoms with Gasteiger partial charge in [-0.3, -0.25) is 33.6 Å². The first kappa shape index (κ1) is 107. The van der Waals surface area contributed by atoms with Crippen molar-refractivity contribution < 1.29 is 85.7 Å². The zero-order valence-electron chi connectivity index (χ0n) is 81.8. The SMILES string of the molecule is CC(=O)OC(C)Cn1cnc2ccccc21.CC(=O)OC1CCCCC1n1cnc2ccccc21.CC(=O)OCCOCCn1cnc2ccccc21.CCC(=O)OCCn1cnc2ccccc21.CCCC(=O)OCCn1cnc2ccccc21.CCCCCC(=O)OCCn1cnc2ccccc21.COCC(=O)OCCn1cnc2ccccc21.O=COCCn1c(-c2ccccc2)nc2ccccc21. The average molecular weight is 1940 g/mol. The highest BCUT2D eigenvalue weighted by Crippen LogP contribution is 2.34. The molecule has 142 heavy (non-hydrogen) atoms. The van der Waals surface area contributed by atoms with E-state index >= 15 is 0 Å². The van der Waals surface area contributed by atoms with Gasteiger partial charge in [0, 0.05) is 59.3 Å². The Kier molecular flexibility index (Phi) is 43.9. The number of fused-ring (bicyclic) bond motifs is 8. The summed E-state index contributed by atoms with van der Waals surface area (Å²) in [5.41, 5.74) is 17.3. The van der Waals surface area contributed by atoms with Crippen LogP contribution < -0.4 is 0 Å². The number of rotatable bonds is 37. The van der Waals surface area contributed by atoms with E-state index < -0.39 is 0 Å². The zero-order valence-corrected chi connectivity index (χ0v) is 81.8. The number of carbonyl (C=O) groups is 8. The maximum absolute atomic E-state index is 11.5. The van der Waals surface area contributed by atoms with Crippen LogP contribution in [-0.4, -0.2) is 203 Å². The van der Waals surface area contributed by atoms with Crippen LogP contribution in [0.5, 0.6) is 0 Å². The van der Waals surface area contributed by atoms with E-state index in [1.807, 2.05) is 266 Å². The molecule has 8 heterocycles. The molecule has 1 saturated carbocycles. The largest absolute Gasteiger partial charge is 0.466 e. The van der Waals surface area contributed by atoms with Crippen LogP contribution in [0.25, 0.3) is 99.7 Å². The molecule has 0 spiro atoms. The van der Waals surface area contributed by atoms with Crippen LogP contribution in [0.4, 0.5) is 0 Å². The second-order valence-electron chi connectivity index (χ2n) is 32.8. The van der Waals surface area contributed by atoms with Crippen LogP contribution in [0.3, 0.4) is 0 Å². The molecule has 1 aliphatic carbocycles. The van der Waals surface area contributed by atoms with Gasteiger partial charge in [-0.15, -0.1) is 0 Å². The third kappa shape index (κ3) is 33.6. The number of hydrogen-bond acceptors (Lipinski definition) is 26. The van der Waals surface area contributed by atoms with Crippen molar-refractivity contribution in [1.29, 1.82) is 0 Å². The molecule has 17 aromatic rings. The Balaban J connectivity index is 0.000000155. The molecule has 9 aromatic carbocycles. The topological polar surface area (TPSA) is 371 Å². The second kappa shape index (κ2) is 58.3. The Morgan fingerprint density at radius 2 is 0.768 bits per heavy atom. The molecule has 3 atom stereocenters. The van der Waals surface area contributed by atoms with Crippen LogP contribution in [0.15, 0.2) is 269 Å². The molecule has 34 heteroatoms. The number of para-hydroxylation sites is 16. The molecule has 0 radical (unpaired) electrons. The monoisotopic (exact) mass is 1930 g/mol. The lowest BCUT2D eigenvalue weighted by Gasteiger charge is -2.32. The van der Waals surface area contributed by atoms with Gasteiger partial charge in [0.15, 0.2) is 0 Å². The smallest absolute Gasteiger partial charge is 0.332 e. The van der Waals surface area contributed by atoms with Crippen LogP contribution >= 0.6 is 0 Å². The summed E-state index contributed by atoms with van der Waals surface area (Å²) >= 11 is 0. The highest BCUT2D eigenvalue weighted by atomic mass is 16.6. The van der Waals surface area contributed by atoms with Gasteiger partial charge >= 0.3 is 41.8 Å². The van der Waals surface area contributed by atoms with Gasteiger partial charge in [0.25, 0.3) is 6.47 Å². The van der Waals surface area contributed by atoms with Crippen molar-refractivity contribution in [3.63, 3.8) is 0 Å². The highest BCUT2D eigenvalue weighted by Gasteiger charge is 2.30. The molecule has 0 saturated heterocycles. The van der Waals surface area contributed by atoms with E-state index in [-0.39, 0.29) is 66.6 Å². The Hall–Kier alpha value is -15.6. The molecule has 0 N–H and O–H groups in total. The zero-order chi connectivity index (χ0) is 100. The number of carbonyl (C=O) groups excluding carboxylic acids is 8. The van der Waals surface area contributed by atoms with Crippen LogP contribution in [-0.2, 0) is 132 Å². The number of esters is 7. The number of imidazole rings is 8. The Labute approximate surface area is 824 Å². The van der Waals surface area contributed by atoms with Crippen molar-refractivity contribution in [2.45, 2.75) is 183 Å². The van der Waals surface area contributed by atoms with Gasteiger partial charge in [0.2, 0.25) is 0 Å². The van der Waals surface area contributed by atoms with E-state index in [1.54, 1.807) is 44.9 Å². The number of benzene rings is 9. The number of hydrogen-bond donors (Lipinski definition) is 0. The Morgan fingerprint density at radius 1 is 0.373 bits per heavy atom. The first-order valence-electron chi connectivity index (χ1n) is 47.9. The summed E-state index contributed by atoms with van der Waals surface area (Å²) in [7, 11) is 1.46. The number of unbranched alkanes of at least 4 members (excludes halogenated alkanes) is 2. The molecule has 746 valence electrons. The molecular weight excluding hydrogens is 1810 g/mol. The third-order valence-corrected chi connectivity index (χ3v) is 22.4. The van der Waals surface area contributed by atoms with Crippen LogP contribution in [0.1, 0.15) is 125 Å². The number of nitrogens with zero attached hydrogens (tertiary/aromatic N) is 16. The average Bonchev–Trinajstić information content (AvgIpc) is 1.63. The minimum atomic E-state index is -0.350. The second-order valence-corrected chi connectivity index (χ2v) is 32.8. The predicted octanol–water partition coefficient (Wildman–Crippen LogP) is 18.3. The normalized spacial score (nSPS) is 12.6. The molecule has 1 aliphatic rings. The lowest BCUT2D eigenvalue weighted by molar-refractivity contribution is -0.150. The van der Waals surface area contributed by atoms with Crippen molar-refractivity contribution in [1.82, 2.24) is 76.4 Å². The van der Waals surface area contributed by atoms with Crippen LogP contribution in [0.2, 0.25) is 0 Å². The maximum Gasteiger partial charge on any atom is 0.332 e. The molecule has 0 aliphatic heterocycles. The minimum Gasteiger partial charge on any atom is -0.466 e. The number of ether oxygens (including phenoxy) is 10. The van der Waals surface area contributed by atoms with Gasteiger partial charge in [-0.2, -0.15) is 0 Å². The fourth-order valence-electron chi connectivity index (χ4n) is 15.7. The van der Waals surface area contributed by atoms with Gasteiger partial charge in [-0.05, 0) is 136 Å². The van der Waals surface area contributed by atoms with Gasteiger partial charge in [0.05, 0.1) is 191 Å². The lowest BCUT2D eigenvalue weighted by atomic mass is 9.92. The molecule has 1 fully saturated rings. The molecule has 18 rings (SSSR count). The minimum absolute atomic E-state index is 0.00925. The van der Waals surface area contributed by atoms with Crippen LogP contribution in [0, 0.1) is 0 Å². The van der Waals surface area contributed by atoms with E-state index in [0.29, 0.717) is 118 Å². The van der Waals surface area contributed by atoms with Crippen molar-refractivity contribution in [3.05, 3.63) is 269 Å². The van der Waals surface area contributed by atoms with Crippen molar-refractivity contribution >= 4 is 137 Å². The van der Waals surface area contributed by atoms with E-state index in [2.05, 4.69) is 66.7 Å². The standard InChI is InChI=1S/C16H14N2O2.C15H18N2O2.C15H20N2O2.C13H16N2O3.C13H16N2O2.C12H14N2O3.2C12H14N2O2/c19-12-20-11-10-18-15-9-5-4-8-14(15)17-16(18)13-6-2-1-3-7-13;1-11(18)19-15-9-5-4-8-14(15)17-10-16-12-6-2-3-7-13(12)17;1-2-3-4-9-15(18)19-11-10-17-12-16-13-7-5-6-8-14(13)17;1-11(16)18-9-8-17-7-6-15-10-14-12-4-2-3-5-13(12)15;1-2-5-13(16)17-9-8-15-10-14-11-6-3-4-7-12(11)15;1-16-8-12(15)17-7-6-14-9-13-10-4-2-3-5-11(10)14;1-9(16-10(2)15)7-14-8-13-11-5-3-4-6-12(11)14;1-2-12(15)16-8-7-14-9-13-10-5-3-4-6-11(10)14/h1-9,12H,10-11H2;2-3,6-7,10,14-15H,4-5,8-9H2,1H3;5-8,12H,2-4,9-11H2,1H3;2-5,10H,6-9H2,1H3;3-4,6-7,10H,2,5,8-9H2,1H3;2-5,9H,6-8H2,1H3;3-6,8-9H,7H2,1-2H3;3-6,9H,2,7-8H2,1H3. The van der Waals surface area contributed by atoms with Crippen molar-refractivity contribution in [2.24, 2.45) is 0 Å². The maximum atomic E-state index is 11.5. The Bertz CT molecular complexity index is 6680. The molecule has 0 amide bonds. The molecule has 8 aromatic heterocycles. The van der Waals surface area contributed by atoms with E-state index in [1.165, 1.54) is 34.3 Å². The summed E-state index contributed by atoms with van der Waals surface area (Å²) in [5, 5.41) is 0. The summed E-state index contributed by atoms with van der Waals surface area (Å²) < 4.78 is 66.8. The molecule has 3 unspecified atom stereocenters. The van der Waals surface area contributed by atoms with E-state index in [0.717, 1.165) is 151 Å². The van der Waals surface area contributed by atoms with Crippen molar-refractivity contribution in [3.8, 4) is 11.4 Å². The quantitative estimate of drug-likeness (QED) is 0.0151. The first-order valence-corrected chi connectivity index (χ1v) is 47.9. The summed E-state index contributed by atoms with van der Waals surface area (Å²) in [6.45, 7) is 20.1. The molecular formula is C108H126N16O18. The van der Waals surface area contributed by atoms with E-state index in [9.17, 15) is 38.4 Å². The van der Waals surface area contributed by atoms with Crippen molar-refractivity contribution in [2.75, 3.05) is 66.6 Å². The summed E-state index contributed by atoms with van der Waals surface area (Å²) in [5.74, 6) is -0.574. The Morgan fingerprint density at radius 3 is 1.20 bits per heavy atom. The predicted molar refractivity (Wildman–Crippen MR) is 542 cm³/mol. The summed E-state index contributed by atoms with van der Waals surface area (Å²) in [6, 6.07) is 73.7. The summed E-state index contributed by atoms with van der Waals surface area (Å²) in [4.78, 5) is 122. The first-order chi connectivity index (χ1) is 69.3. The lowest BCUT2D eigenvalue weighted by Crippen LogP contribution is -2.31. The van der Waals surface area contributed by atoms with E-state index in [4.69, 9.17) is 42.6 Å². The van der Waals surface area contributed by atoms with Gasteiger partial charge < -0.3 is 83.9 Å².